The van der Waals surface area contributed by atoms with Crippen molar-refractivity contribution < 1.29 is 0 Å². The highest BCUT2D eigenvalue weighted by molar-refractivity contribution is 7.13. The summed E-state index contributed by atoms with van der Waals surface area (Å²) in [6.45, 7) is 3.89. The molecule has 5 heteroatoms. The maximum absolute atomic E-state index is 4.33. The lowest BCUT2D eigenvalue weighted by Gasteiger charge is -2.02. The van der Waals surface area contributed by atoms with Crippen LogP contribution in [-0.4, -0.2) is 21.3 Å². The first-order valence-corrected chi connectivity index (χ1v) is 5.86. The highest BCUT2D eigenvalue weighted by atomic mass is 32.1. The molecule has 0 saturated heterocycles. The minimum Gasteiger partial charge on any atom is -0.361 e. The van der Waals surface area contributed by atoms with E-state index < -0.39 is 0 Å². The first-order valence-electron chi connectivity index (χ1n) is 4.98. The monoisotopic (exact) mass is 222 g/mol. The van der Waals surface area contributed by atoms with Crippen LogP contribution in [0.1, 0.15) is 12.1 Å². The third-order valence-corrected chi connectivity index (χ3v) is 2.94. The number of rotatable bonds is 5. The van der Waals surface area contributed by atoms with Crippen molar-refractivity contribution in [2.24, 2.45) is 0 Å². The zero-order valence-corrected chi connectivity index (χ0v) is 9.50. The fourth-order valence-electron chi connectivity index (χ4n) is 1.30. The summed E-state index contributed by atoms with van der Waals surface area (Å²) in [5.41, 5.74) is 1.08. The van der Waals surface area contributed by atoms with Crippen LogP contribution in [0.25, 0.3) is 0 Å². The molecule has 0 bridgehead atoms. The Morgan fingerprint density at radius 1 is 1.53 bits per heavy atom. The maximum atomic E-state index is 4.33. The summed E-state index contributed by atoms with van der Waals surface area (Å²) in [5, 5.41) is 10.5. The predicted octanol–water partition coefficient (Wildman–Crippen LogP) is 2.15. The average Bonchev–Trinajstić information content (AvgIpc) is 2.84. The first kappa shape index (κ1) is 10.2. The van der Waals surface area contributed by atoms with E-state index in [0.717, 1.165) is 30.3 Å². The largest absolute Gasteiger partial charge is 0.361 e. The van der Waals surface area contributed by atoms with Crippen molar-refractivity contribution in [1.29, 1.82) is 0 Å². The molecule has 0 atom stereocenters. The number of nitrogens with one attached hydrogen (secondary N) is 1. The van der Waals surface area contributed by atoms with E-state index in [4.69, 9.17) is 0 Å². The molecular formula is C10H14N4S. The molecule has 2 aromatic rings. The number of anilines is 1. The van der Waals surface area contributed by atoms with Crippen LogP contribution in [-0.2, 0) is 6.54 Å². The van der Waals surface area contributed by atoms with Crippen molar-refractivity contribution in [2.75, 3.05) is 11.9 Å². The Morgan fingerprint density at radius 3 is 3.13 bits per heavy atom. The zero-order valence-electron chi connectivity index (χ0n) is 8.68. The second-order valence-corrected chi connectivity index (χ2v) is 4.20. The van der Waals surface area contributed by atoms with E-state index in [-0.39, 0.29) is 0 Å². The molecule has 80 valence electrons. The van der Waals surface area contributed by atoms with Crippen LogP contribution >= 0.6 is 11.3 Å². The van der Waals surface area contributed by atoms with Gasteiger partial charge in [-0.15, -0.1) is 11.3 Å². The van der Waals surface area contributed by atoms with Crippen LogP contribution in [0.2, 0.25) is 0 Å². The smallest absolute Gasteiger partial charge is 0.182 e. The summed E-state index contributed by atoms with van der Waals surface area (Å²) < 4.78 is 1.94. The first-order chi connectivity index (χ1) is 7.34. The molecule has 0 saturated carbocycles. The minimum absolute atomic E-state index is 0.937. The third-order valence-electron chi connectivity index (χ3n) is 2.02. The zero-order chi connectivity index (χ0) is 10.5. The molecule has 2 aromatic heterocycles. The Labute approximate surface area is 93.0 Å². The van der Waals surface area contributed by atoms with E-state index in [9.17, 15) is 0 Å². The third kappa shape index (κ3) is 3.06. The van der Waals surface area contributed by atoms with E-state index in [0.29, 0.717) is 0 Å². The van der Waals surface area contributed by atoms with E-state index in [1.165, 1.54) is 0 Å². The lowest BCUT2D eigenvalue weighted by molar-refractivity contribution is 0.591. The van der Waals surface area contributed by atoms with Crippen molar-refractivity contribution in [3.63, 3.8) is 0 Å². The van der Waals surface area contributed by atoms with Gasteiger partial charge in [0, 0.05) is 30.9 Å². The molecule has 2 heterocycles. The van der Waals surface area contributed by atoms with E-state index in [2.05, 4.69) is 20.8 Å². The van der Waals surface area contributed by atoms with Crippen molar-refractivity contribution in [2.45, 2.75) is 19.9 Å². The topological polar surface area (TPSA) is 42.7 Å². The predicted molar refractivity (Wildman–Crippen MR) is 62.2 cm³/mol. The number of nitrogens with zero attached hydrogens (tertiary/aromatic N) is 3. The van der Waals surface area contributed by atoms with Crippen molar-refractivity contribution in [3.8, 4) is 0 Å². The van der Waals surface area contributed by atoms with E-state index in [1.807, 2.05) is 23.9 Å². The van der Waals surface area contributed by atoms with Crippen LogP contribution in [0.3, 0.4) is 0 Å². The van der Waals surface area contributed by atoms with Gasteiger partial charge in [-0.05, 0) is 19.4 Å². The van der Waals surface area contributed by atoms with Crippen LogP contribution in [0.5, 0.6) is 0 Å². The van der Waals surface area contributed by atoms with Gasteiger partial charge in [0.1, 0.15) is 0 Å². The van der Waals surface area contributed by atoms with Gasteiger partial charge in [-0.25, -0.2) is 4.98 Å². The van der Waals surface area contributed by atoms with Crippen molar-refractivity contribution in [1.82, 2.24) is 14.8 Å². The minimum atomic E-state index is 0.937. The normalized spacial score (nSPS) is 10.5. The van der Waals surface area contributed by atoms with Gasteiger partial charge in [0.15, 0.2) is 5.13 Å². The molecule has 0 aliphatic rings. The molecule has 0 aliphatic carbocycles. The summed E-state index contributed by atoms with van der Waals surface area (Å²) in [5.74, 6) is 0. The summed E-state index contributed by atoms with van der Waals surface area (Å²) in [4.78, 5) is 4.33. The Morgan fingerprint density at radius 2 is 2.47 bits per heavy atom. The summed E-state index contributed by atoms with van der Waals surface area (Å²) in [7, 11) is 0. The number of aromatic nitrogens is 3. The number of hydrogen-bond acceptors (Lipinski definition) is 4. The Bertz CT molecular complexity index is 393. The van der Waals surface area contributed by atoms with E-state index >= 15 is 0 Å². The number of hydrogen-bond donors (Lipinski definition) is 1. The Balaban J connectivity index is 1.67. The maximum Gasteiger partial charge on any atom is 0.182 e. The molecule has 0 fully saturated rings. The molecule has 0 aromatic carbocycles. The van der Waals surface area contributed by atoms with Crippen molar-refractivity contribution in [3.05, 3.63) is 29.5 Å². The molecule has 2 rings (SSSR count). The van der Waals surface area contributed by atoms with Gasteiger partial charge >= 0.3 is 0 Å². The lowest BCUT2D eigenvalue weighted by atomic mass is 10.4. The summed E-state index contributed by atoms with van der Waals surface area (Å²) in [6, 6.07) is 1.94. The van der Waals surface area contributed by atoms with Crippen molar-refractivity contribution >= 4 is 16.5 Å². The fraction of sp³-hybridized carbons (Fsp3) is 0.400. The molecule has 0 radical (unpaired) electrons. The SMILES string of the molecule is Cc1csc(NCCCn2cccn2)n1. The molecule has 0 spiro atoms. The van der Waals surface area contributed by atoms with Gasteiger partial charge in [-0.2, -0.15) is 5.10 Å². The molecule has 15 heavy (non-hydrogen) atoms. The van der Waals surface area contributed by atoms with Gasteiger partial charge in [0.25, 0.3) is 0 Å². The Hall–Kier alpha value is -1.36. The molecular weight excluding hydrogens is 208 g/mol. The van der Waals surface area contributed by atoms with Gasteiger partial charge in [0.2, 0.25) is 0 Å². The molecule has 4 nitrogen and oxygen atoms in total. The number of thiazole rings is 1. The molecule has 0 aliphatic heterocycles. The van der Waals surface area contributed by atoms with Crippen LogP contribution in [0, 0.1) is 6.92 Å². The second-order valence-electron chi connectivity index (χ2n) is 3.34. The highest BCUT2D eigenvalue weighted by Crippen LogP contribution is 2.13. The molecule has 0 amide bonds. The fourth-order valence-corrected chi connectivity index (χ4v) is 2.02. The summed E-state index contributed by atoms with van der Waals surface area (Å²) >= 11 is 1.65. The second kappa shape index (κ2) is 4.93. The van der Waals surface area contributed by atoms with Gasteiger partial charge in [-0.1, -0.05) is 0 Å². The highest BCUT2D eigenvalue weighted by Gasteiger charge is 1.96. The molecule has 1 N–H and O–H groups in total. The van der Waals surface area contributed by atoms with Crippen LogP contribution in [0.4, 0.5) is 5.13 Å². The van der Waals surface area contributed by atoms with Gasteiger partial charge < -0.3 is 5.32 Å². The Kier molecular flexibility index (Phi) is 3.34. The summed E-state index contributed by atoms with van der Waals surface area (Å²) in [6.07, 6.45) is 4.84. The van der Waals surface area contributed by atoms with Gasteiger partial charge in [-0.3, -0.25) is 4.68 Å². The van der Waals surface area contributed by atoms with Gasteiger partial charge in [0.05, 0.1) is 5.69 Å². The van der Waals surface area contributed by atoms with Crippen LogP contribution in [0.15, 0.2) is 23.8 Å². The number of aryl methyl sites for hydroxylation is 2. The van der Waals surface area contributed by atoms with E-state index in [1.54, 1.807) is 17.5 Å². The van der Waals surface area contributed by atoms with Crippen LogP contribution < -0.4 is 5.32 Å². The standard InChI is InChI=1S/C10H14N4S/c1-9-8-15-10(13-9)11-4-2-6-14-7-3-5-12-14/h3,5,7-8H,2,4,6H2,1H3,(H,11,13). The lowest BCUT2D eigenvalue weighted by Crippen LogP contribution is -2.06. The quantitative estimate of drug-likeness (QED) is 0.788. The average molecular weight is 222 g/mol. The molecule has 0 unspecified atom stereocenters.